The topological polar surface area (TPSA) is 49.8 Å². The second kappa shape index (κ2) is 9.33. The Morgan fingerprint density at radius 2 is 1.43 bits per heavy atom. The highest BCUT2D eigenvalue weighted by atomic mass is 16.6. The van der Waals surface area contributed by atoms with E-state index >= 15 is 0 Å². The lowest BCUT2D eigenvalue weighted by atomic mass is 9.75. The van der Waals surface area contributed by atoms with Gasteiger partial charge in [-0.1, -0.05) is 80.1 Å². The van der Waals surface area contributed by atoms with Gasteiger partial charge in [0, 0.05) is 30.8 Å². The molecule has 4 nitrogen and oxygen atoms in total. The lowest BCUT2D eigenvalue weighted by Crippen LogP contribution is -2.52. The van der Waals surface area contributed by atoms with Gasteiger partial charge in [0.05, 0.1) is 5.60 Å². The number of carbonyl (C=O) groups is 1. The van der Waals surface area contributed by atoms with E-state index in [0.29, 0.717) is 19.4 Å². The third kappa shape index (κ3) is 3.97. The zero-order valence-electron chi connectivity index (χ0n) is 22.2. The van der Waals surface area contributed by atoms with Gasteiger partial charge in [-0.15, -0.1) is 0 Å². The van der Waals surface area contributed by atoms with Gasteiger partial charge in [0.25, 0.3) is 0 Å². The maximum atomic E-state index is 13.5. The number of benzene rings is 3. The maximum Gasteiger partial charge on any atom is 0.410 e. The third-order valence-corrected chi connectivity index (χ3v) is 8.99. The molecular formula is C33H37NO3. The molecule has 0 aromatic heterocycles. The van der Waals surface area contributed by atoms with Crippen molar-refractivity contribution >= 4 is 6.09 Å². The number of aryl methyl sites for hydroxylation is 3. The van der Waals surface area contributed by atoms with Crippen LogP contribution in [0, 0.1) is 6.92 Å². The zero-order chi connectivity index (χ0) is 25.7. The van der Waals surface area contributed by atoms with Crippen molar-refractivity contribution in [3.63, 3.8) is 0 Å². The molecular weight excluding hydrogens is 458 g/mol. The van der Waals surface area contributed by atoms with Gasteiger partial charge in [-0.3, -0.25) is 0 Å². The average molecular weight is 496 g/mol. The minimum atomic E-state index is -0.893. The van der Waals surface area contributed by atoms with E-state index < -0.39 is 5.60 Å². The summed E-state index contributed by atoms with van der Waals surface area (Å²) in [7, 11) is 0. The van der Waals surface area contributed by atoms with E-state index in [1.165, 1.54) is 38.9 Å². The van der Waals surface area contributed by atoms with Crippen molar-refractivity contribution in [1.82, 2.24) is 4.90 Å². The molecule has 2 fully saturated rings. The Balaban J connectivity index is 1.22. The molecule has 37 heavy (non-hydrogen) atoms. The highest BCUT2D eigenvalue weighted by Crippen LogP contribution is 2.49. The van der Waals surface area contributed by atoms with E-state index in [9.17, 15) is 9.90 Å². The first-order valence-corrected chi connectivity index (χ1v) is 13.9. The average Bonchev–Trinajstić information content (AvgIpc) is 3.38. The number of carbonyl (C=O) groups excluding carboxylic acids is 1. The predicted molar refractivity (Wildman–Crippen MR) is 147 cm³/mol. The van der Waals surface area contributed by atoms with Crippen molar-refractivity contribution in [2.45, 2.75) is 82.9 Å². The smallest absolute Gasteiger partial charge is 0.410 e. The number of amides is 1. The molecule has 1 N–H and O–H groups in total. The molecule has 4 heteroatoms. The van der Waals surface area contributed by atoms with E-state index in [1.54, 1.807) is 0 Å². The van der Waals surface area contributed by atoms with Crippen LogP contribution in [-0.4, -0.2) is 34.8 Å². The van der Waals surface area contributed by atoms with E-state index in [2.05, 4.69) is 81.4 Å². The molecule has 192 valence electrons. The summed E-state index contributed by atoms with van der Waals surface area (Å²) in [6, 6.07) is 21.3. The van der Waals surface area contributed by atoms with Crippen molar-refractivity contribution in [1.29, 1.82) is 0 Å². The number of piperidine rings is 1. The van der Waals surface area contributed by atoms with Gasteiger partial charge in [0.2, 0.25) is 0 Å². The van der Waals surface area contributed by atoms with Crippen molar-refractivity contribution < 1.29 is 14.6 Å². The number of fused-ring (bicyclic) bond motifs is 5. The van der Waals surface area contributed by atoms with Gasteiger partial charge in [-0.05, 0) is 71.6 Å². The predicted octanol–water partition coefficient (Wildman–Crippen LogP) is 6.88. The zero-order valence-corrected chi connectivity index (χ0v) is 22.2. The summed E-state index contributed by atoms with van der Waals surface area (Å²) in [6.07, 6.45) is 4.58. The fourth-order valence-corrected chi connectivity index (χ4v) is 7.49. The Bertz CT molecular complexity index is 1260. The van der Waals surface area contributed by atoms with Crippen LogP contribution in [0.4, 0.5) is 4.79 Å². The molecule has 0 radical (unpaired) electrons. The normalized spacial score (nSPS) is 24.2. The van der Waals surface area contributed by atoms with Crippen LogP contribution >= 0.6 is 0 Å². The molecule has 3 aromatic rings. The second-order valence-corrected chi connectivity index (χ2v) is 11.2. The summed E-state index contributed by atoms with van der Waals surface area (Å²) in [5.41, 5.74) is 8.89. The molecule has 0 saturated carbocycles. The molecule has 2 heterocycles. The Kier molecular flexibility index (Phi) is 6.11. The Morgan fingerprint density at radius 3 is 1.95 bits per heavy atom. The SMILES string of the molecule is CCc1cc(C)cc(CC)c1C1(O)CC2CCC(C1)N2C(=O)OCC1c2ccccc2-c2ccccc21. The van der Waals surface area contributed by atoms with E-state index in [4.69, 9.17) is 4.74 Å². The van der Waals surface area contributed by atoms with Gasteiger partial charge in [0.1, 0.15) is 6.61 Å². The van der Waals surface area contributed by atoms with Gasteiger partial charge in [-0.25, -0.2) is 4.79 Å². The fraction of sp³-hybridized carbons (Fsp3) is 0.424. The fourth-order valence-electron chi connectivity index (χ4n) is 7.49. The van der Waals surface area contributed by atoms with E-state index in [0.717, 1.165) is 31.2 Å². The van der Waals surface area contributed by atoms with E-state index in [-0.39, 0.29) is 24.1 Å². The van der Waals surface area contributed by atoms with Crippen LogP contribution in [-0.2, 0) is 23.2 Å². The Labute approximate surface area is 220 Å². The number of hydrogen-bond donors (Lipinski definition) is 1. The molecule has 3 aromatic carbocycles. The summed E-state index contributed by atoms with van der Waals surface area (Å²) in [5, 5.41) is 12.1. The molecule has 2 saturated heterocycles. The quantitative estimate of drug-likeness (QED) is 0.420. The molecule has 1 amide bonds. The van der Waals surface area contributed by atoms with Crippen molar-refractivity contribution in [3.05, 3.63) is 94.0 Å². The first-order valence-electron chi connectivity index (χ1n) is 13.9. The lowest BCUT2D eigenvalue weighted by Gasteiger charge is -2.45. The van der Waals surface area contributed by atoms with Gasteiger partial charge in [0.15, 0.2) is 0 Å². The summed E-state index contributed by atoms with van der Waals surface area (Å²) >= 11 is 0. The third-order valence-electron chi connectivity index (χ3n) is 8.99. The highest BCUT2D eigenvalue weighted by molar-refractivity contribution is 5.79. The minimum Gasteiger partial charge on any atom is -0.448 e. The van der Waals surface area contributed by atoms with Gasteiger partial charge >= 0.3 is 6.09 Å². The summed E-state index contributed by atoms with van der Waals surface area (Å²) in [4.78, 5) is 15.5. The number of rotatable bonds is 5. The van der Waals surface area contributed by atoms with Crippen molar-refractivity contribution in [2.24, 2.45) is 0 Å². The number of ether oxygens (including phenoxy) is 1. The Hall–Kier alpha value is -3.11. The summed E-state index contributed by atoms with van der Waals surface area (Å²) < 4.78 is 6.04. The van der Waals surface area contributed by atoms with Crippen LogP contribution in [0.3, 0.4) is 0 Å². The molecule has 2 bridgehead atoms. The van der Waals surface area contributed by atoms with Crippen molar-refractivity contribution in [3.8, 4) is 11.1 Å². The molecule has 0 spiro atoms. The standard InChI is InChI=1S/C33H37NO3/c1-4-22-16-21(3)17-23(5-2)31(22)33(36)18-24-14-15-25(19-33)34(24)32(35)37-20-30-28-12-8-6-10-26(28)27-11-7-9-13-29(27)30/h6-13,16-17,24-25,30,36H,4-5,14-15,18-20H2,1-3H3. The van der Waals surface area contributed by atoms with Crippen LogP contribution in [0.25, 0.3) is 11.1 Å². The van der Waals surface area contributed by atoms with Crippen LogP contribution in [0.1, 0.15) is 78.8 Å². The first-order chi connectivity index (χ1) is 17.9. The van der Waals surface area contributed by atoms with Crippen LogP contribution in [0.2, 0.25) is 0 Å². The molecule has 6 rings (SSSR count). The van der Waals surface area contributed by atoms with Crippen LogP contribution in [0.5, 0.6) is 0 Å². The largest absolute Gasteiger partial charge is 0.448 e. The summed E-state index contributed by atoms with van der Waals surface area (Å²) in [5.74, 6) is 0.0579. The molecule has 2 unspecified atom stereocenters. The maximum absolute atomic E-state index is 13.5. The molecule has 2 atom stereocenters. The monoisotopic (exact) mass is 495 g/mol. The second-order valence-electron chi connectivity index (χ2n) is 11.2. The molecule has 1 aliphatic carbocycles. The first kappa shape index (κ1) is 24.2. The number of nitrogens with zero attached hydrogens (tertiary/aromatic N) is 1. The van der Waals surface area contributed by atoms with E-state index in [1.807, 2.05) is 4.90 Å². The van der Waals surface area contributed by atoms with Crippen molar-refractivity contribution in [2.75, 3.05) is 6.61 Å². The highest BCUT2D eigenvalue weighted by Gasteiger charge is 2.51. The molecule has 2 aliphatic heterocycles. The van der Waals surface area contributed by atoms with Crippen LogP contribution in [0.15, 0.2) is 60.7 Å². The van der Waals surface area contributed by atoms with Crippen LogP contribution < -0.4 is 0 Å². The number of aliphatic hydroxyl groups is 1. The van der Waals surface area contributed by atoms with Gasteiger partial charge in [-0.2, -0.15) is 0 Å². The van der Waals surface area contributed by atoms with Gasteiger partial charge < -0.3 is 14.7 Å². The Morgan fingerprint density at radius 1 is 0.919 bits per heavy atom. The minimum absolute atomic E-state index is 0.00937. The number of hydrogen-bond acceptors (Lipinski definition) is 3. The lowest BCUT2D eigenvalue weighted by molar-refractivity contribution is -0.0541. The molecule has 3 aliphatic rings. The summed E-state index contributed by atoms with van der Waals surface area (Å²) in [6.45, 7) is 6.81.